The summed E-state index contributed by atoms with van der Waals surface area (Å²) in [5, 5.41) is 1.03. The van der Waals surface area contributed by atoms with Crippen LogP contribution in [0.2, 0.25) is 0 Å². The summed E-state index contributed by atoms with van der Waals surface area (Å²) in [5.41, 5.74) is 0. The lowest BCUT2D eigenvalue weighted by atomic mass is 9.86. The molecule has 0 aromatic rings. The molecule has 0 amide bonds. The quantitative estimate of drug-likeness (QED) is 0.332. The van der Waals surface area contributed by atoms with E-state index in [1.807, 2.05) is 0 Å². The molecular formula is C18H34S3. The zero-order chi connectivity index (χ0) is 14.9. The Balaban J connectivity index is 1.58. The maximum atomic E-state index is 4.29. The van der Waals surface area contributed by atoms with Gasteiger partial charge in [0.25, 0.3) is 0 Å². The number of thioether (sulfide) groups is 2. The maximum Gasteiger partial charge on any atom is 0.00807 e. The summed E-state index contributed by atoms with van der Waals surface area (Å²) in [6, 6.07) is 0. The second-order valence-corrected chi connectivity index (χ2v) is 9.96. The van der Waals surface area contributed by atoms with Gasteiger partial charge in [-0.2, -0.15) is 36.2 Å². The Hall–Kier alpha value is 1.05. The van der Waals surface area contributed by atoms with Gasteiger partial charge in [-0.25, -0.2) is 0 Å². The topological polar surface area (TPSA) is 0 Å². The van der Waals surface area contributed by atoms with E-state index in [9.17, 15) is 0 Å². The first-order valence-electron chi connectivity index (χ1n) is 9.15. The second-order valence-electron chi connectivity index (χ2n) is 6.95. The number of fused-ring (bicyclic) bond motifs is 2. The molecule has 0 aliphatic heterocycles. The fourth-order valence-electron chi connectivity index (χ4n) is 4.22. The van der Waals surface area contributed by atoms with E-state index < -0.39 is 0 Å². The molecule has 2 saturated carbocycles. The van der Waals surface area contributed by atoms with E-state index in [0.717, 1.165) is 28.8 Å². The fourth-order valence-corrected chi connectivity index (χ4v) is 7.27. The van der Waals surface area contributed by atoms with Gasteiger partial charge in [-0.15, -0.1) is 0 Å². The van der Waals surface area contributed by atoms with Crippen LogP contribution in [0, 0.1) is 17.8 Å². The summed E-state index contributed by atoms with van der Waals surface area (Å²) in [5.74, 6) is 8.44. The molecule has 21 heavy (non-hydrogen) atoms. The van der Waals surface area contributed by atoms with Crippen molar-refractivity contribution >= 4 is 36.2 Å². The molecule has 2 aliphatic carbocycles. The van der Waals surface area contributed by atoms with Crippen LogP contribution in [0.15, 0.2) is 0 Å². The normalized spacial score (nSPS) is 31.1. The Bertz CT molecular complexity index is 245. The van der Waals surface area contributed by atoms with Crippen LogP contribution in [-0.4, -0.2) is 28.3 Å². The Morgan fingerprint density at radius 2 is 1.86 bits per heavy atom. The van der Waals surface area contributed by atoms with Crippen LogP contribution in [0.3, 0.4) is 0 Å². The third-order valence-corrected chi connectivity index (χ3v) is 8.21. The van der Waals surface area contributed by atoms with Crippen LogP contribution in [0.5, 0.6) is 0 Å². The van der Waals surface area contributed by atoms with Crippen molar-refractivity contribution in [1.29, 1.82) is 0 Å². The van der Waals surface area contributed by atoms with Crippen LogP contribution < -0.4 is 0 Å². The molecule has 0 aromatic heterocycles. The molecule has 2 aliphatic rings. The molecule has 0 spiro atoms. The zero-order valence-corrected chi connectivity index (χ0v) is 16.3. The number of unbranched alkanes of at least 4 members (excludes halogenated alkanes) is 3. The molecule has 0 N–H and O–H groups in total. The van der Waals surface area contributed by atoms with Gasteiger partial charge in [0.05, 0.1) is 0 Å². The van der Waals surface area contributed by atoms with Gasteiger partial charge in [0.1, 0.15) is 0 Å². The highest BCUT2D eigenvalue weighted by molar-refractivity contribution is 8.00. The number of hydrogen-bond donors (Lipinski definition) is 1. The van der Waals surface area contributed by atoms with Crippen molar-refractivity contribution in [2.24, 2.45) is 17.8 Å². The summed E-state index contributed by atoms with van der Waals surface area (Å²) in [6.07, 6.45) is 13.2. The molecule has 0 saturated heterocycles. The summed E-state index contributed by atoms with van der Waals surface area (Å²) in [7, 11) is 0. The Labute approximate surface area is 146 Å². The van der Waals surface area contributed by atoms with Gasteiger partial charge in [-0.3, -0.25) is 0 Å². The average Bonchev–Trinajstić information content (AvgIpc) is 3.06. The molecule has 0 heterocycles. The molecule has 0 nitrogen and oxygen atoms in total. The zero-order valence-electron chi connectivity index (χ0n) is 13.8. The van der Waals surface area contributed by atoms with Crippen molar-refractivity contribution in [2.75, 3.05) is 23.0 Å². The first kappa shape index (κ1) is 18.4. The first-order valence-corrected chi connectivity index (χ1v) is 12.0. The molecule has 2 bridgehead atoms. The van der Waals surface area contributed by atoms with Crippen molar-refractivity contribution in [3.8, 4) is 0 Å². The lowest BCUT2D eigenvalue weighted by Gasteiger charge is -2.29. The van der Waals surface area contributed by atoms with E-state index >= 15 is 0 Å². The predicted octanol–water partition coefficient (Wildman–Crippen LogP) is 6.16. The monoisotopic (exact) mass is 346 g/mol. The van der Waals surface area contributed by atoms with Crippen LogP contribution in [0.4, 0.5) is 0 Å². The third-order valence-electron chi connectivity index (χ3n) is 5.30. The third kappa shape index (κ3) is 6.22. The molecular weight excluding hydrogens is 312 g/mol. The molecule has 4 atom stereocenters. The van der Waals surface area contributed by atoms with E-state index in [0.29, 0.717) is 0 Å². The molecule has 2 fully saturated rings. The highest BCUT2D eigenvalue weighted by atomic mass is 32.2. The van der Waals surface area contributed by atoms with Crippen LogP contribution in [0.1, 0.15) is 64.7 Å². The Morgan fingerprint density at radius 3 is 2.62 bits per heavy atom. The molecule has 124 valence electrons. The van der Waals surface area contributed by atoms with E-state index in [2.05, 4.69) is 43.1 Å². The molecule has 4 unspecified atom stereocenters. The van der Waals surface area contributed by atoms with Gasteiger partial charge in [-0.05, 0) is 79.3 Å². The molecule has 3 heteroatoms. The van der Waals surface area contributed by atoms with Gasteiger partial charge >= 0.3 is 0 Å². The first-order chi connectivity index (χ1) is 10.3. The molecule has 2 rings (SSSR count). The Morgan fingerprint density at radius 1 is 0.952 bits per heavy atom. The summed E-state index contributed by atoms with van der Waals surface area (Å²) >= 11 is 8.79. The van der Waals surface area contributed by atoms with Crippen molar-refractivity contribution in [1.82, 2.24) is 0 Å². The smallest absolute Gasteiger partial charge is 0.00807 e. The van der Waals surface area contributed by atoms with Crippen LogP contribution >= 0.6 is 36.2 Å². The summed E-state index contributed by atoms with van der Waals surface area (Å²) in [4.78, 5) is 0. The minimum atomic E-state index is 1.03. The van der Waals surface area contributed by atoms with E-state index in [-0.39, 0.29) is 0 Å². The maximum absolute atomic E-state index is 4.29. The lowest BCUT2D eigenvalue weighted by molar-refractivity contribution is 0.335. The van der Waals surface area contributed by atoms with E-state index in [4.69, 9.17) is 0 Å². The lowest BCUT2D eigenvalue weighted by Crippen LogP contribution is -2.23. The highest BCUT2D eigenvalue weighted by Crippen LogP contribution is 2.54. The SMILES string of the molecule is CCCCCCSC1CC2CC(CCSCCCS)C1C2. The molecule has 0 aromatic carbocycles. The molecule has 0 radical (unpaired) electrons. The van der Waals surface area contributed by atoms with Crippen molar-refractivity contribution in [3.05, 3.63) is 0 Å². The number of rotatable bonds is 12. The van der Waals surface area contributed by atoms with Gasteiger partial charge in [0, 0.05) is 5.25 Å². The van der Waals surface area contributed by atoms with Gasteiger partial charge in [0.15, 0.2) is 0 Å². The van der Waals surface area contributed by atoms with E-state index in [1.54, 1.807) is 19.3 Å². The van der Waals surface area contributed by atoms with Gasteiger partial charge in [0.2, 0.25) is 0 Å². The van der Waals surface area contributed by atoms with Crippen molar-refractivity contribution in [2.45, 2.75) is 70.0 Å². The predicted molar refractivity (Wildman–Crippen MR) is 105 cm³/mol. The van der Waals surface area contributed by atoms with Crippen LogP contribution in [-0.2, 0) is 0 Å². The Kier molecular flexibility index (Phi) is 9.42. The van der Waals surface area contributed by atoms with Gasteiger partial charge < -0.3 is 0 Å². The minimum Gasteiger partial charge on any atom is -0.179 e. The average molecular weight is 347 g/mol. The van der Waals surface area contributed by atoms with Crippen molar-refractivity contribution < 1.29 is 0 Å². The summed E-state index contributed by atoms with van der Waals surface area (Å²) < 4.78 is 0. The minimum absolute atomic E-state index is 1.03. The fraction of sp³-hybridized carbons (Fsp3) is 1.00. The number of hydrogen-bond acceptors (Lipinski definition) is 3. The van der Waals surface area contributed by atoms with E-state index in [1.165, 1.54) is 55.8 Å². The summed E-state index contributed by atoms with van der Waals surface area (Å²) in [6.45, 7) is 2.31. The van der Waals surface area contributed by atoms with Gasteiger partial charge in [-0.1, -0.05) is 26.2 Å². The highest BCUT2D eigenvalue weighted by Gasteiger charge is 2.45. The second kappa shape index (κ2) is 10.8. The standard InChI is InChI=1S/C18H34S3/c1-2-3-4-5-10-21-18-14-15-12-16(17(18)13-15)7-11-20-9-6-8-19/h15-19H,2-14H2,1H3. The number of thiol groups is 1. The largest absolute Gasteiger partial charge is 0.179 e. The van der Waals surface area contributed by atoms with Crippen LogP contribution in [0.25, 0.3) is 0 Å². The van der Waals surface area contributed by atoms with Crippen molar-refractivity contribution in [3.63, 3.8) is 0 Å².